The van der Waals surface area contributed by atoms with Gasteiger partial charge in [-0.2, -0.15) is 5.26 Å². The van der Waals surface area contributed by atoms with E-state index >= 15 is 0 Å². The van der Waals surface area contributed by atoms with E-state index in [1.807, 2.05) is 26.8 Å². The van der Waals surface area contributed by atoms with Gasteiger partial charge in [-0.25, -0.2) is 4.79 Å². The molecule has 2 N–H and O–H groups in total. The molecule has 5 aliphatic carbocycles. The van der Waals surface area contributed by atoms with Crippen LogP contribution in [-0.4, -0.2) is 65.4 Å². The minimum atomic E-state index is -1.67. The Balaban J connectivity index is 1.35. The highest BCUT2D eigenvalue weighted by molar-refractivity contribution is 6.05. The highest BCUT2D eigenvalue weighted by atomic mass is 16.5. The maximum absolute atomic E-state index is 14.7. The molecule has 9 heteroatoms. The number of hydrogen-bond donors (Lipinski definition) is 2. The first-order chi connectivity index (χ1) is 21.8. The van der Waals surface area contributed by atoms with Gasteiger partial charge >= 0.3 is 6.09 Å². The summed E-state index contributed by atoms with van der Waals surface area (Å²) in [6.45, 7) is 15.4. The number of likely N-dealkylation sites (tertiary alicyclic amines) is 1. The number of piperidine rings is 1. The first-order valence-electron chi connectivity index (χ1n) is 17.6. The summed E-state index contributed by atoms with van der Waals surface area (Å²) in [6.07, 6.45) is 9.28. The lowest BCUT2D eigenvalue weighted by atomic mass is 9.33. The van der Waals surface area contributed by atoms with E-state index in [4.69, 9.17) is 4.74 Å². The quantitative estimate of drug-likeness (QED) is 0.394. The number of carbonyl (C=O) groups excluding carboxylic acids is 4. The maximum atomic E-state index is 14.7. The third-order valence-electron chi connectivity index (χ3n) is 15.1. The molecule has 4 fully saturated rings. The monoisotopic (exact) mass is 647 g/mol. The van der Waals surface area contributed by atoms with Crippen molar-refractivity contribution in [2.75, 3.05) is 20.2 Å². The van der Waals surface area contributed by atoms with Crippen molar-refractivity contribution in [3.05, 3.63) is 23.3 Å². The summed E-state index contributed by atoms with van der Waals surface area (Å²) >= 11 is 0. The number of ether oxygens (including phenoxy) is 1. The van der Waals surface area contributed by atoms with Crippen molar-refractivity contribution in [3.63, 3.8) is 0 Å². The fourth-order valence-corrected chi connectivity index (χ4v) is 11.7. The standard InChI is InChI=1S/C38H53N3O6/c1-32(2)25-9-12-36(6)26(35(25,5)20-23(22-39)29(32)43)19-28(42)38(46)27-21-34(4,14-13-33(27,3)15-16-37(36,38)7)30(44)40-24-10-17-41(18-11-24)31(45)47-8/h19-20,24-25,27,46H,9-18,21H2,1-8H3,(H,40,44)/t25-,27+,33+,34-,35-,36+,37-,38+/m0/s1. The summed E-state index contributed by atoms with van der Waals surface area (Å²) in [6, 6.07) is 2.10. The number of hydrogen-bond acceptors (Lipinski definition) is 7. The zero-order valence-electron chi connectivity index (χ0n) is 29.5. The van der Waals surface area contributed by atoms with E-state index in [9.17, 15) is 29.5 Å². The van der Waals surface area contributed by atoms with Crippen LogP contribution in [0.4, 0.5) is 4.79 Å². The van der Waals surface area contributed by atoms with Crippen LogP contribution in [0.15, 0.2) is 23.3 Å². The third kappa shape index (κ3) is 4.35. The molecule has 0 radical (unpaired) electrons. The number of nitrogens with one attached hydrogen (secondary N) is 1. The zero-order chi connectivity index (χ0) is 34.6. The molecule has 0 aromatic carbocycles. The molecule has 6 aliphatic rings. The summed E-state index contributed by atoms with van der Waals surface area (Å²) in [5, 5.41) is 26.4. The second-order valence-electron chi connectivity index (χ2n) is 17.6. The van der Waals surface area contributed by atoms with Crippen LogP contribution in [0, 0.1) is 55.7 Å². The lowest BCUT2D eigenvalue weighted by molar-refractivity contribution is -0.242. The van der Waals surface area contributed by atoms with Crippen molar-refractivity contribution in [1.82, 2.24) is 10.2 Å². The van der Waals surface area contributed by atoms with Crippen LogP contribution in [-0.2, 0) is 19.1 Å². The Morgan fingerprint density at radius 1 is 0.957 bits per heavy atom. The molecule has 256 valence electrons. The van der Waals surface area contributed by atoms with E-state index in [0.717, 1.165) is 31.3 Å². The van der Waals surface area contributed by atoms with E-state index in [2.05, 4.69) is 39.1 Å². The molecular weight excluding hydrogens is 594 g/mol. The Hall–Kier alpha value is -2.99. The SMILES string of the molecule is COC(=O)N1CCC(NC(=O)[C@@]2(C)CC[C@]3(C)CC[C@@]4(C)[C@]5(C)CC[C@H]6C(C)(C)C(=O)C(C#N)=C[C@]6(C)C5=CC(=O)[C@]4(O)[C@@H]3C2)CC1. The Morgan fingerprint density at radius 3 is 2.21 bits per heavy atom. The van der Waals surface area contributed by atoms with Crippen LogP contribution in [0.1, 0.15) is 106 Å². The van der Waals surface area contributed by atoms with Gasteiger partial charge in [-0.1, -0.05) is 54.5 Å². The molecule has 1 heterocycles. The van der Waals surface area contributed by atoms with Gasteiger partial charge in [-0.3, -0.25) is 14.4 Å². The van der Waals surface area contributed by atoms with Crippen molar-refractivity contribution >= 4 is 23.6 Å². The third-order valence-corrected chi connectivity index (χ3v) is 15.1. The van der Waals surface area contributed by atoms with Crippen LogP contribution < -0.4 is 5.32 Å². The van der Waals surface area contributed by atoms with Gasteiger partial charge in [0.1, 0.15) is 11.7 Å². The Bertz CT molecular complexity index is 1530. The topological polar surface area (TPSA) is 137 Å². The summed E-state index contributed by atoms with van der Waals surface area (Å²) < 4.78 is 4.86. The summed E-state index contributed by atoms with van der Waals surface area (Å²) in [5.41, 5.74) is -4.44. The van der Waals surface area contributed by atoms with Crippen LogP contribution in [0.5, 0.6) is 0 Å². The Labute approximate surface area is 279 Å². The molecule has 0 aromatic rings. The molecule has 0 aromatic heterocycles. The van der Waals surface area contributed by atoms with Gasteiger partial charge in [0.25, 0.3) is 0 Å². The molecule has 1 aliphatic heterocycles. The van der Waals surface area contributed by atoms with E-state index in [1.165, 1.54) is 7.11 Å². The number of methoxy groups -OCH3 is 1. The molecule has 6 rings (SSSR count). The van der Waals surface area contributed by atoms with Crippen LogP contribution in [0.3, 0.4) is 0 Å². The van der Waals surface area contributed by atoms with Gasteiger partial charge in [0.15, 0.2) is 11.6 Å². The highest BCUT2D eigenvalue weighted by Crippen LogP contribution is 2.75. The lowest BCUT2D eigenvalue weighted by Crippen LogP contribution is -2.74. The molecule has 1 saturated heterocycles. The lowest BCUT2D eigenvalue weighted by Gasteiger charge is -2.71. The van der Waals surface area contributed by atoms with Crippen LogP contribution in [0.25, 0.3) is 0 Å². The normalized spacial score (nSPS) is 44.4. The number of amides is 2. The van der Waals surface area contributed by atoms with E-state index in [0.29, 0.717) is 45.2 Å². The number of rotatable bonds is 2. The maximum Gasteiger partial charge on any atom is 0.409 e. The summed E-state index contributed by atoms with van der Waals surface area (Å²) in [4.78, 5) is 55.7. The van der Waals surface area contributed by atoms with Crippen molar-refractivity contribution in [1.29, 1.82) is 5.26 Å². The number of nitrogens with zero attached hydrogens (tertiary/aromatic N) is 2. The minimum absolute atomic E-state index is 0.0473. The van der Waals surface area contributed by atoms with E-state index in [1.54, 1.807) is 11.0 Å². The number of Topliss-reactive ketones (excluding diaryl/α,β-unsaturated/α-hetero) is 1. The van der Waals surface area contributed by atoms with Crippen molar-refractivity contribution in [2.24, 2.45) is 44.3 Å². The van der Waals surface area contributed by atoms with Crippen LogP contribution >= 0.6 is 0 Å². The van der Waals surface area contributed by atoms with Crippen molar-refractivity contribution in [2.45, 2.75) is 118 Å². The van der Waals surface area contributed by atoms with Gasteiger partial charge in [-0.15, -0.1) is 0 Å². The number of aliphatic hydroxyl groups is 1. The van der Waals surface area contributed by atoms with E-state index < -0.39 is 38.6 Å². The molecule has 2 amide bonds. The fourth-order valence-electron chi connectivity index (χ4n) is 11.7. The van der Waals surface area contributed by atoms with Crippen molar-refractivity contribution in [3.8, 4) is 6.07 Å². The number of allylic oxidation sites excluding steroid dienone is 3. The molecule has 9 nitrogen and oxygen atoms in total. The highest BCUT2D eigenvalue weighted by Gasteiger charge is 2.75. The zero-order valence-corrected chi connectivity index (χ0v) is 29.5. The summed E-state index contributed by atoms with van der Waals surface area (Å²) in [7, 11) is 1.37. The van der Waals surface area contributed by atoms with Gasteiger partial charge < -0.3 is 20.1 Å². The fraction of sp³-hybridized carbons (Fsp3) is 0.763. The molecule has 0 unspecified atom stereocenters. The van der Waals surface area contributed by atoms with Gasteiger partial charge in [0.2, 0.25) is 5.91 Å². The van der Waals surface area contributed by atoms with Gasteiger partial charge in [0, 0.05) is 46.7 Å². The summed E-state index contributed by atoms with van der Waals surface area (Å²) in [5.74, 6) is -0.974. The Morgan fingerprint density at radius 2 is 1.60 bits per heavy atom. The van der Waals surface area contributed by atoms with Crippen molar-refractivity contribution < 1.29 is 29.0 Å². The first-order valence-corrected chi connectivity index (χ1v) is 17.6. The number of fused-ring (bicyclic) bond motifs is 7. The largest absolute Gasteiger partial charge is 0.453 e. The molecule has 0 spiro atoms. The number of carbonyl (C=O) groups is 4. The molecule has 8 atom stereocenters. The van der Waals surface area contributed by atoms with Crippen LogP contribution in [0.2, 0.25) is 0 Å². The second-order valence-corrected chi connectivity index (χ2v) is 17.6. The molecule has 0 bridgehead atoms. The number of ketones is 2. The Kier molecular flexibility index (Phi) is 7.57. The van der Waals surface area contributed by atoms with Gasteiger partial charge in [0.05, 0.1) is 12.7 Å². The minimum Gasteiger partial charge on any atom is -0.453 e. The average molecular weight is 648 g/mol. The predicted octanol–water partition coefficient (Wildman–Crippen LogP) is 5.67. The molecule has 3 saturated carbocycles. The number of nitriles is 1. The van der Waals surface area contributed by atoms with E-state index in [-0.39, 0.29) is 46.5 Å². The first kappa shape index (κ1) is 33.9. The smallest absolute Gasteiger partial charge is 0.409 e. The predicted molar refractivity (Wildman–Crippen MR) is 176 cm³/mol. The average Bonchev–Trinajstić information content (AvgIpc) is 3.03. The van der Waals surface area contributed by atoms with Gasteiger partial charge in [-0.05, 0) is 86.2 Å². The second kappa shape index (κ2) is 10.5. The molecule has 47 heavy (non-hydrogen) atoms. The molecular formula is C38H53N3O6.